The van der Waals surface area contributed by atoms with E-state index in [4.69, 9.17) is 0 Å². The number of aromatic nitrogens is 2. The third-order valence-electron chi connectivity index (χ3n) is 2.55. The molecule has 1 aliphatic rings. The lowest BCUT2D eigenvalue weighted by Crippen LogP contribution is -2.27. The van der Waals surface area contributed by atoms with Crippen LogP contribution in [0, 0.1) is 0 Å². The average molecular weight is 205 g/mol. The zero-order valence-corrected chi connectivity index (χ0v) is 8.55. The Hall–Kier alpha value is -1.13. The minimum atomic E-state index is 0.976. The Bertz CT molecular complexity index is 407. The van der Waals surface area contributed by atoms with E-state index in [-0.39, 0.29) is 0 Å². The first-order valence-corrected chi connectivity index (χ1v) is 5.66. The molecule has 0 spiro atoms. The molecule has 0 saturated heterocycles. The van der Waals surface area contributed by atoms with Crippen LogP contribution in [0.1, 0.15) is 5.69 Å². The van der Waals surface area contributed by atoms with Crippen molar-refractivity contribution >= 4 is 11.3 Å². The molecule has 1 N–H and O–H groups in total. The van der Waals surface area contributed by atoms with Gasteiger partial charge in [-0.15, -0.1) is 11.3 Å². The van der Waals surface area contributed by atoms with Crippen LogP contribution in [0.4, 0.5) is 0 Å². The van der Waals surface area contributed by atoms with E-state index in [0.717, 1.165) is 25.3 Å². The molecule has 4 heteroatoms. The molecule has 0 aromatic carbocycles. The highest BCUT2D eigenvalue weighted by molar-refractivity contribution is 7.07. The van der Waals surface area contributed by atoms with Gasteiger partial charge in [-0.3, -0.25) is 0 Å². The van der Waals surface area contributed by atoms with Gasteiger partial charge in [-0.1, -0.05) is 0 Å². The second-order valence-electron chi connectivity index (χ2n) is 3.46. The summed E-state index contributed by atoms with van der Waals surface area (Å²) in [7, 11) is 0. The fourth-order valence-electron chi connectivity index (χ4n) is 1.82. The molecule has 0 saturated carbocycles. The summed E-state index contributed by atoms with van der Waals surface area (Å²) in [6, 6.07) is 2.22. The van der Waals surface area contributed by atoms with E-state index >= 15 is 0 Å². The van der Waals surface area contributed by atoms with Crippen LogP contribution < -0.4 is 5.32 Å². The van der Waals surface area contributed by atoms with E-state index in [1.165, 1.54) is 11.3 Å². The van der Waals surface area contributed by atoms with Crippen molar-refractivity contribution in [1.82, 2.24) is 14.9 Å². The Labute approximate surface area is 86.4 Å². The maximum absolute atomic E-state index is 4.31. The molecule has 0 unspecified atom stereocenters. The predicted molar refractivity (Wildman–Crippen MR) is 57.2 cm³/mol. The lowest BCUT2D eigenvalue weighted by molar-refractivity contribution is 0.517. The second-order valence-corrected chi connectivity index (χ2v) is 4.18. The molecule has 0 atom stereocenters. The first-order chi connectivity index (χ1) is 6.93. The van der Waals surface area contributed by atoms with Gasteiger partial charge in [0, 0.05) is 42.5 Å². The number of hydrogen-bond donors (Lipinski definition) is 1. The normalized spacial score (nSPS) is 15.4. The Morgan fingerprint density at radius 1 is 1.50 bits per heavy atom. The summed E-state index contributed by atoms with van der Waals surface area (Å²) < 4.78 is 2.31. The summed E-state index contributed by atoms with van der Waals surface area (Å²) in [6.45, 7) is 3.11. The summed E-state index contributed by atoms with van der Waals surface area (Å²) >= 11 is 1.64. The molecular formula is C10H11N3S. The monoisotopic (exact) mass is 205 g/mol. The van der Waals surface area contributed by atoms with Gasteiger partial charge in [0.25, 0.3) is 0 Å². The van der Waals surface area contributed by atoms with Gasteiger partial charge >= 0.3 is 0 Å². The van der Waals surface area contributed by atoms with Gasteiger partial charge in [-0.25, -0.2) is 4.98 Å². The highest BCUT2D eigenvalue weighted by Gasteiger charge is 2.11. The van der Waals surface area contributed by atoms with Crippen LogP contribution in [0.25, 0.3) is 11.3 Å². The van der Waals surface area contributed by atoms with E-state index in [1.54, 1.807) is 11.3 Å². The van der Waals surface area contributed by atoms with Crippen molar-refractivity contribution < 1.29 is 0 Å². The highest BCUT2D eigenvalue weighted by Crippen LogP contribution is 2.22. The molecule has 0 bridgehead atoms. The zero-order chi connectivity index (χ0) is 9.38. The van der Waals surface area contributed by atoms with E-state index in [9.17, 15) is 0 Å². The predicted octanol–water partition coefficient (Wildman–Crippen LogP) is 1.71. The van der Waals surface area contributed by atoms with Crippen LogP contribution in [0.2, 0.25) is 0 Å². The Balaban J connectivity index is 2.04. The molecule has 0 fully saturated rings. The molecule has 3 heterocycles. The maximum atomic E-state index is 4.31. The van der Waals surface area contributed by atoms with Crippen molar-refractivity contribution in [3.63, 3.8) is 0 Å². The number of rotatable bonds is 1. The molecule has 2 aromatic rings. The first kappa shape index (κ1) is 8.20. The molecule has 3 nitrogen and oxygen atoms in total. The average Bonchev–Trinajstić information content (AvgIpc) is 2.86. The van der Waals surface area contributed by atoms with Gasteiger partial charge in [-0.2, -0.15) is 0 Å². The summed E-state index contributed by atoms with van der Waals surface area (Å²) in [5.41, 5.74) is 5.57. The van der Waals surface area contributed by atoms with Crippen molar-refractivity contribution in [3.05, 3.63) is 28.8 Å². The van der Waals surface area contributed by atoms with Gasteiger partial charge < -0.3 is 9.88 Å². The van der Waals surface area contributed by atoms with Crippen LogP contribution in [0.15, 0.2) is 23.2 Å². The van der Waals surface area contributed by atoms with Crippen molar-refractivity contribution in [3.8, 4) is 11.3 Å². The van der Waals surface area contributed by atoms with Crippen LogP contribution in [-0.4, -0.2) is 16.1 Å². The van der Waals surface area contributed by atoms with E-state index in [2.05, 4.69) is 32.5 Å². The number of fused-ring (bicyclic) bond motifs is 1. The van der Waals surface area contributed by atoms with Crippen molar-refractivity contribution in [1.29, 1.82) is 0 Å². The smallest absolute Gasteiger partial charge is 0.0826 e. The molecule has 0 radical (unpaired) electrons. The Morgan fingerprint density at radius 2 is 2.50 bits per heavy atom. The van der Waals surface area contributed by atoms with Gasteiger partial charge in [0.05, 0.1) is 11.2 Å². The SMILES string of the molecule is c1nc(-c2cc3n(c2)CCNC3)cs1. The fourth-order valence-corrected chi connectivity index (χ4v) is 2.38. The molecular weight excluding hydrogens is 194 g/mol. The van der Waals surface area contributed by atoms with E-state index < -0.39 is 0 Å². The van der Waals surface area contributed by atoms with Crippen LogP contribution in [0.5, 0.6) is 0 Å². The van der Waals surface area contributed by atoms with Gasteiger partial charge in [-0.05, 0) is 6.07 Å². The fraction of sp³-hybridized carbons (Fsp3) is 0.300. The molecule has 1 aliphatic heterocycles. The maximum Gasteiger partial charge on any atom is 0.0826 e. The van der Waals surface area contributed by atoms with E-state index in [1.807, 2.05) is 5.51 Å². The largest absolute Gasteiger partial charge is 0.348 e. The molecule has 14 heavy (non-hydrogen) atoms. The second kappa shape index (κ2) is 3.22. The number of nitrogens with one attached hydrogen (secondary N) is 1. The van der Waals surface area contributed by atoms with Crippen LogP contribution in [-0.2, 0) is 13.1 Å². The highest BCUT2D eigenvalue weighted by atomic mass is 32.1. The van der Waals surface area contributed by atoms with E-state index in [0.29, 0.717) is 0 Å². The third kappa shape index (κ3) is 1.27. The molecule has 3 rings (SSSR count). The summed E-state index contributed by atoms with van der Waals surface area (Å²) in [5, 5.41) is 5.45. The van der Waals surface area contributed by atoms with Crippen LogP contribution in [0.3, 0.4) is 0 Å². The summed E-state index contributed by atoms with van der Waals surface area (Å²) in [6.07, 6.45) is 2.20. The molecule has 0 amide bonds. The minimum absolute atomic E-state index is 0.976. The van der Waals surface area contributed by atoms with Crippen molar-refractivity contribution in [2.45, 2.75) is 13.1 Å². The summed E-state index contributed by atoms with van der Waals surface area (Å²) in [4.78, 5) is 4.31. The van der Waals surface area contributed by atoms with Gasteiger partial charge in [0.15, 0.2) is 0 Å². The minimum Gasteiger partial charge on any atom is -0.348 e. The lowest BCUT2D eigenvalue weighted by atomic mass is 10.2. The first-order valence-electron chi connectivity index (χ1n) is 4.72. The molecule has 2 aromatic heterocycles. The van der Waals surface area contributed by atoms with Gasteiger partial charge in [0.1, 0.15) is 0 Å². The Morgan fingerprint density at radius 3 is 3.29 bits per heavy atom. The quantitative estimate of drug-likeness (QED) is 0.768. The van der Waals surface area contributed by atoms with Gasteiger partial charge in [0.2, 0.25) is 0 Å². The van der Waals surface area contributed by atoms with Crippen molar-refractivity contribution in [2.24, 2.45) is 0 Å². The molecule has 0 aliphatic carbocycles. The van der Waals surface area contributed by atoms with Crippen LogP contribution >= 0.6 is 11.3 Å². The zero-order valence-electron chi connectivity index (χ0n) is 7.73. The number of hydrogen-bond acceptors (Lipinski definition) is 3. The topological polar surface area (TPSA) is 29.9 Å². The Kier molecular flexibility index (Phi) is 1.89. The number of thiazole rings is 1. The summed E-state index contributed by atoms with van der Waals surface area (Å²) in [5.74, 6) is 0. The standard InChI is InChI=1S/C10H11N3S/c1-2-13-5-8(3-9(13)4-11-1)10-6-14-7-12-10/h3,5-7,11H,1-2,4H2. The number of nitrogens with zero attached hydrogens (tertiary/aromatic N) is 2. The molecule has 72 valence electrons. The van der Waals surface area contributed by atoms with Crippen molar-refractivity contribution in [2.75, 3.05) is 6.54 Å². The third-order valence-corrected chi connectivity index (χ3v) is 3.14. The lowest BCUT2D eigenvalue weighted by Gasteiger charge is -2.15.